The summed E-state index contributed by atoms with van der Waals surface area (Å²) in [6, 6.07) is 3.95. The first kappa shape index (κ1) is 11.4. The third-order valence-electron chi connectivity index (χ3n) is 2.20. The van der Waals surface area contributed by atoms with Gasteiger partial charge in [-0.25, -0.2) is 0 Å². The fraction of sp³-hybridized carbons (Fsp3) is 0.182. The van der Waals surface area contributed by atoms with Gasteiger partial charge in [-0.2, -0.15) is 21.7 Å². The lowest BCUT2D eigenvalue weighted by Crippen LogP contribution is -2.11. The number of thiophene rings is 1. The lowest BCUT2D eigenvalue weighted by atomic mass is 10.2. The van der Waals surface area contributed by atoms with Gasteiger partial charge < -0.3 is 4.74 Å². The van der Waals surface area contributed by atoms with Gasteiger partial charge in [0.15, 0.2) is 0 Å². The molecule has 0 aromatic carbocycles. The van der Waals surface area contributed by atoms with Gasteiger partial charge in [0.05, 0.1) is 12.7 Å². The number of hydrogen-bond donors (Lipinski definition) is 0. The highest BCUT2D eigenvalue weighted by Crippen LogP contribution is 2.23. The van der Waals surface area contributed by atoms with Crippen LogP contribution in [0.3, 0.4) is 0 Å². The molecule has 0 aliphatic carbocycles. The van der Waals surface area contributed by atoms with Gasteiger partial charge in [-0.3, -0.25) is 9.48 Å². The minimum atomic E-state index is -0.395. The van der Waals surface area contributed by atoms with E-state index in [4.69, 9.17) is 5.26 Å². The van der Waals surface area contributed by atoms with E-state index in [9.17, 15) is 4.79 Å². The van der Waals surface area contributed by atoms with Crippen molar-refractivity contribution in [2.75, 3.05) is 7.11 Å². The average Bonchev–Trinajstić information content (AvgIpc) is 2.96. The molecule has 2 rings (SSSR count). The van der Waals surface area contributed by atoms with Crippen LogP contribution in [0, 0.1) is 11.3 Å². The maximum atomic E-state index is 11.1. The molecule has 2 aromatic rings. The highest BCUT2D eigenvalue weighted by molar-refractivity contribution is 7.08. The van der Waals surface area contributed by atoms with E-state index in [0.717, 1.165) is 5.56 Å². The third kappa shape index (κ3) is 2.34. The molecular formula is C11H9N3O2S. The molecular weight excluding hydrogens is 238 g/mol. The number of carbonyl (C=O) groups is 1. The summed E-state index contributed by atoms with van der Waals surface area (Å²) in [6.45, 7) is 0.00924. The molecule has 0 bridgehead atoms. The van der Waals surface area contributed by atoms with Crippen LogP contribution in [0.4, 0.5) is 0 Å². The van der Waals surface area contributed by atoms with Gasteiger partial charge in [0, 0.05) is 17.1 Å². The summed E-state index contributed by atoms with van der Waals surface area (Å²) >= 11 is 1.53. The Bertz CT molecular complexity index is 566. The Labute approximate surface area is 102 Å². The lowest BCUT2D eigenvalue weighted by molar-refractivity contribution is -0.141. The van der Waals surface area contributed by atoms with Crippen molar-refractivity contribution < 1.29 is 9.53 Å². The molecule has 0 amide bonds. The molecule has 0 atom stereocenters. The summed E-state index contributed by atoms with van der Waals surface area (Å²) in [5.41, 5.74) is 1.93. The predicted octanol–water partition coefficient (Wildman–Crippen LogP) is 1.66. The Balaban J connectivity index is 2.34. The number of nitrogens with zero attached hydrogens (tertiary/aromatic N) is 3. The second kappa shape index (κ2) is 4.80. The van der Waals surface area contributed by atoms with Crippen LogP contribution in [-0.2, 0) is 16.1 Å². The summed E-state index contributed by atoms with van der Waals surface area (Å²) in [5.74, 6) is -0.395. The Kier molecular flexibility index (Phi) is 3.21. The Morgan fingerprint density at radius 2 is 2.53 bits per heavy atom. The highest BCUT2D eigenvalue weighted by atomic mass is 32.1. The van der Waals surface area contributed by atoms with E-state index in [2.05, 4.69) is 15.9 Å². The molecule has 0 unspecified atom stereocenters. The predicted molar refractivity (Wildman–Crippen MR) is 62.3 cm³/mol. The van der Waals surface area contributed by atoms with Gasteiger partial charge in [0.2, 0.25) is 0 Å². The minimum absolute atomic E-state index is 0.00924. The van der Waals surface area contributed by atoms with Crippen LogP contribution in [0.5, 0.6) is 0 Å². The van der Waals surface area contributed by atoms with Crippen LogP contribution >= 0.6 is 11.3 Å². The SMILES string of the molecule is COC(=O)Cn1cc(C#N)c(-c2ccsc2)n1. The molecule has 5 nitrogen and oxygen atoms in total. The van der Waals surface area contributed by atoms with Gasteiger partial charge in [-0.1, -0.05) is 0 Å². The number of ether oxygens (including phenoxy) is 1. The van der Waals surface area contributed by atoms with E-state index < -0.39 is 5.97 Å². The van der Waals surface area contributed by atoms with Crippen LogP contribution in [0.2, 0.25) is 0 Å². The number of nitriles is 1. The fourth-order valence-corrected chi connectivity index (χ4v) is 2.03. The second-order valence-corrected chi connectivity index (χ2v) is 4.07. The number of aromatic nitrogens is 2. The summed E-state index contributed by atoms with van der Waals surface area (Å²) < 4.78 is 5.96. The fourth-order valence-electron chi connectivity index (χ4n) is 1.39. The summed E-state index contributed by atoms with van der Waals surface area (Å²) in [4.78, 5) is 11.1. The number of hydrogen-bond acceptors (Lipinski definition) is 5. The molecule has 2 heterocycles. The van der Waals surface area contributed by atoms with Crippen molar-refractivity contribution in [1.82, 2.24) is 9.78 Å². The van der Waals surface area contributed by atoms with E-state index in [-0.39, 0.29) is 6.54 Å². The van der Waals surface area contributed by atoms with Gasteiger partial charge in [0.1, 0.15) is 18.3 Å². The Morgan fingerprint density at radius 3 is 3.12 bits per heavy atom. The molecule has 0 radical (unpaired) electrons. The summed E-state index contributed by atoms with van der Waals surface area (Å²) in [5, 5.41) is 17.0. The quantitative estimate of drug-likeness (QED) is 0.773. The second-order valence-electron chi connectivity index (χ2n) is 3.29. The zero-order valence-electron chi connectivity index (χ0n) is 9.08. The van der Waals surface area contributed by atoms with Crippen molar-refractivity contribution in [1.29, 1.82) is 5.26 Å². The maximum Gasteiger partial charge on any atom is 0.327 e. The zero-order valence-corrected chi connectivity index (χ0v) is 9.90. The Morgan fingerprint density at radius 1 is 1.71 bits per heavy atom. The van der Waals surface area contributed by atoms with Gasteiger partial charge in [-0.05, 0) is 11.4 Å². The van der Waals surface area contributed by atoms with E-state index >= 15 is 0 Å². The van der Waals surface area contributed by atoms with Crippen molar-refractivity contribution in [3.63, 3.8) is 0 Å². The van der Waals surface area contributed by atoms with Crippen LogP contribution in [0.1, 0.15) is 5.56 Å². The van der Waals surface area contributed by atoms with Crippen molar-refractivity contribution in [3.05, 3.63) is 28.6 Å². The number of rotatable bonds is 3. The summed E-state index contributed by atoms with van der Waals surface area (Å²) in [7, 11) is 1.32. The van der Waals surface area contributed by atoms with E-state index in [1.165, 1.54) is 23.1 Å². The first-order chi connectivity index (χ1) is 8.24. The van der Waals surface area contributed by atoms with E-state index in [0.29, 0.717) is 11.3 Å². The van der Waals surface area contributed by atoms with Crippen molar-refractivity contribution in [3.8, 4) is 17.3 Å². The molecule has 0 aliphatic rings. The molecule has 0 saturated heterocycles. The van der Waals surface area contributed by atoms with Crippen molar-refractivity contribution in [2.45, 2.75) is 6.54 Å². The monoisotopic (exact) mass is 247 g/mol. The van der Waals surface area contributed by atoms with Crippen molar-refractivity contribution in [2.24, 2.45) is 0 Å². The number of esters is 1. The molecule has 0 N–H and O–H groups in total. The molecule has 2 aromatic heterocycles. The summed E-state index contributed by atoms with van der Waals surface area (Å²) in [6.07, 6.45) is 1.55. The molecule has 0 fully saturated rings. The zero-order chi connectivity index (χ0) is 12.3. The van der Waals surface area contributed by atoms with E-state index in [1.54, 1.807) is 6.20 Å². The molecule has 0 spiro atoms. The molecule has 0 aliphatic heterocycles. The third-order valence-corrected chi connectivity index (χ3v) is 2.88. The maximum absolute atomic E-state index is 11.1. The molecule has 0 saturated carbocycles. The number of methoxy groups -OCH3 is 1. The molecule has 6 heteroatoms. The lowest BCUT2D eigenvalue weighted by Gasteiger charge is -1.98. The van der Waals surface area contributed by atoms with E-state index in [1.807, 2.05) is 16.8 Å². The molecule has 17 heavy (non-hydrogen) atoms. The first-order valence-electron chi connectivity index (χ1n) is 4.81. The van der Waals surface area contributed by atoms with Crippen LogP contribution in [0.15, 0.2) is 23.0 Å². The van der Waals surface area contributed by atoms with Gasteiger partial charge >= 0.3 is 5.97 Å². The first-order valence-corrected chi connectivity index (χ1v) is 5.76. The number of carbonyl (C=O) groups excluding carboxylic acids is 1. The smallest absolute Gasteiger partial charge is 0.327 e. The largest absolute Gasteiger partial charge is 0.468 e. The normalized spacial score (nSPS) is 9.88. The van der Waals surface area contributed by atoms with Crippen LogP contribution in [0.25, 0.3) is 11.3 Å². The molecule has 86 valence electrons. The average molecular weight is 247 g/mol. The highest BCUT2D eigenvalue weighted by Gasteiger charge is 2.13. The van der Waals surface area contributed by atoms with Gasteiger partial charge in [0.25, 0.3) is 0 Å². The standard InChI is InChI=1S/C11H9N3O2S/c1-16-10(15)6-14-5-9(4-12)11(13-14)8-2-3-17-7-8/h2-3,5,7H,6H2,1H3. The van der Waals surface area contributed by atoms with Crippen LogP contribution < -0.4 is 0 Å². The van der Waals surface area contributed by atoms with Crippen molar-refractivity contribution >= 4 is 17.3 Å². The Hall–Kier alpha value is -2.13. The minimum Gasteiger partial charge on any atom is -0.468 e. The van der Waals surface area contributed by atoms with Gasteiger partial charge in [-0.15, -0.1) is 0 Å². The topological polar surface area (TPSA) is 67.9 Å². The van der Waals surface area contributed by atoms with Crippen LogP contribution in [-0.4, -0.2) is 22.9 Å².